The zero-order valence-corrected chi connectivity index (χ0v) is 10.2. The first kappa shape index (κ1) is 11.1. The maximum atomic E-state index is 4.32. The quantitative estimate of drug-likeness (QED) is 0.692. The zero-order chi connectivity index (χ0) is 9.68. The summed E-state index contributed by atoms with van der Waals surface area (Å²) in [6.45, 7) is 4.57. The second kappa shape index (κ2) is 5.66. The average molecular weight is 215 g/mol. The van der Waals surface area contributed by atoms with Gasteiger partial charge in [-0.1, -0.05) is 32.0 Å². The second-order valence-corrected chi connectivity index (χ2v) is 5.52. The number of thiazole rings is 1. The van der Waals surface area contributed by atoms with Crippen molar-refractivity contribution in [3.05, 3.63) is 11.1 Å². The van der Waals surface area contributed by atoms with Gasteiger partial charge in [-0.3, -0.25) is 0 Å². The molecule has 0 radical (unpaired) electrons. The van der Waals surface area contributed by atoms with E-state index in [1.165, 1.54) is 28.5 Å². The Bertz CT molecular complexity index is 245. The molecule has 0 spiro atoms. The van der Waals surface area contributed by atoms with Crippen molar-refractivity contribution in [1.29, 1.82) is 0 Å². The largest absolute Gasteiger partial charge is 0.238 e. The van der Waals surface area contributed by atoms with Gasteiger partial charge in [0.2, 0.25) is 0 Å². The van der Waals surface area contributed by atoms with Crippen molar-refractivity contribution >= 4 is 23.1 Å². The number of nitrogens with zero attached hydrogens (tertiary/aromatic N) is 1. The minimum absolute atomic E-state index is 0.847. The smallest absolute Gasteiger partial charge is 0.149 e. The molecule has 0 aliphatic rings. The van der Waals surface area contributed by atoms with Gasteiger partial charge in [0.1, 0.15) is 4.34 Å². The van der Waals surface area contributed by atoms with E-state index in [-0.39, 0.29) is 0 Å². The van der Waals surface area contributed by atoms with Gasteiger partial charge >= 0.3 is 0 Å². The lowest BCUT2D eigenvalue weighted by Gasteiger charge is -2.05. The van der Waals surface area contributed by atoms with E-state index in [9.17, 15) is 0 Å². The van der Waals surface area contributed by atoms with Gasteiger partial charge < -0.3 is 0 Å². The number of thioether (sulfide) groups is 1. The number of hydrogen-bond acceptors (Lipinski definition) is 3. The molecular weight excluding hydrogens is 198 g/mol. The molecule has 13 heavy (non-hydrogen) atoms. The van der Waals surface area contributed by atoms with Crippen LogP contribution < -0.4 is 0 Å². The molecular formula is C10H17NS2. The minimum Gasteiger partial charge on any atom is -0.238 e. The van der Waals surface area contributed by atoms with Crippen LogP contribution in [0.25, 0.3) is 0 Å². The molecule has 0 aliphatic heterocycles. The van der Waals surface area contributed by atoms with E-state index in [1.807, 2.05) is 17.5 Å². The first-order valence-electron chi connectivity index (χ1n) is 4.75. The van der Waals surface area contributed by atoms with Gasteiger partial charge in [0, 0.05) is 11.1 Å². The van der Waals surface area contributed by atoms with Gasteiger partial charge in [0.15, 0.2) is 0 Å². The molecule has 1 rings (SSSR count). The molecule has 0 N–H and O–H groups in total. The summed E-state index contributed by atoms with van der Waals surface area (Å²) < 4.78 is 1.19. The lowest BCUT2D eigenvalue weighted by Crippen LogP contribution is -1.93. The lowest BCUT2D eigenvalue weighted by atomic mass is 10.0. The fraction of sp³-hybridized carbons (Fsp3) is 0.700. The van der Waals surface area contributed by atoms with Crippen LogP contribution in [-0.2, 0) is 6.42 Å². The van der Waals surface area contributed by atoms with Crippen LogP contribution in [0.5, 0.6) is 0 Å². The third-order valence-electron chi connectivity index (χ3n) is 2.29. The van der Waals surface area contributed by atoms with Crippen LogP contribution in [0.15, 0.2) is 10.5 Å². The van der Waals surface area contributed by atoms with Crippen molar-refractivity contribution in [2.24, 2.45) is 5.92 Å². The summed E-state index contributed by atoms with van der Waals surface area (Å²) in [5.41, 5.74) is 0. The second-order valence-electron chi connectivity index (χ2n) is 3.35. The van der Waals surface area contributed by atoms with Crippen LogP contribution in [0.1, 0.15) is 31.6 Å². The van der Waals surface area contributed by atoms with Crippen LogP contribution in [-0.4, -0.2) is 11.2 Å². The predicted octanol–water partition coefficient (Wildman–Crippen LogP) is 3.84. The molecule has 0 bridgehead atoms. The molecule has 74 valence electrons. The molecule has 0 fully saturated rings. The van der Waals surface area contributed by atoms with Crippen molar-refractivity contribution in [3.8, 4) is 0 Å². The van der Waals surface area contributed by atoms with E-state index < -0.39 is 0 Å². The van der Waals surface area contributed by atoms with E-state index in [4.69, 9.17) is 0 Å². The summed E-state index contributed by atoms with van der Waals surface area (Å²) >= 11 is 3.57. The Morgan fingerprint density at radius 1 is 1.62 bits per heavy atom. The normalized spacial score (nSPS) is 13.2. The van der Waals surface area contributed by atoms with Gasteiger partial charge in [-0.05, 0) is 25.0 Å². The van der Waals surface area contributed by atoms with E-state index in [2.05, 4.69) is 25.1 Å². The molecule has 1 aromatic heterocycles. The molecule has 0 saturated carbocycles. The third kappa shape index (κ3) is 3.69. The topological polar surface area (TPSA) is 12.9 Å². The summed E-state index contributed by atoms with van der Waals surface area (Å²) in [5.74, 6) is 0.847. The molecule has 1 aromatic rings. The Labute approximate surface area is 89.0 Å². The average Bonchev–Trinajstić information content (AvgIpc) is 2.61. The highest BCUT2D eigenvalue weighted by atomic mass is 32.2. The maximum Gasteiger partial charge on any atom is 0.149 e. The Kier molecular flexibility index (Phi) is 4.81. The fourth-order valence-electron chi connectivity index (χ4n) is 1.09. The van der Waals surface area contributed by atoms with Gasteiger partial charge in [-0.15, -0.1) is 11.3 Å². The summed E-state index contributed by atoms with van der Waals surface area (Å²) in [7, 11) is 0. The number of aromatic nitrogens is 1. The van der Waals surface area contributed by atoms with Crippen molar-refractivity contribution in [1.82, 2.24) is 4.98 Å². The zero-order valence-electron chi connectivity index (χ0n) is 8.54. The number of hydrogen-bond donors (Lipinski definition) is 0. The Balaban J connectivity index is 2.36. The summed E-state index contributed by atoms with van der Waals surface area (Å²) in [4.78, 5) is 5.75. The molecule has 0 aliphatic carbocycles. The summed E-state index contributed by atoms with van der Waals surface area (Å²) in [6, 6.07) is 0. The van der Waals surface area contributed by atoms with Gasteiger partial charge in [-0.25, -0.2) is 4.98 Å². The fourth-order valence-corrected chi connectivity index (χ4v) is 2.56. The van der Waals surface area contributed by atoms with E-state index >= 15 is 0 Å². The first-order valence-corrected chi connectivity index (χ1v) is 6.79. The van der Waals surface area contributed by atoms with Crippen molar-refractivity contribution in [2.75, 3.05) is 6.26 Å². The number of aryl methyl sites for hydroxylation is 1. The van der Waals surface area contributed by atoms with E-state index in [1.54, 1.807) is 11.8 Å². The summed E-state index contributed by atoms with van der Waals surface area (Å²) in [5, 5.41) is 0. The van der Waals surface area contributed by atoms with Crippen LogP contribution in [0.4, 0.5) is 0 Å². The van der Waals surface area contributed by atoms with Crippen LogP contribution in [0.3, 0.4) is 0 Å². The van der Waals surface area contributed by atoms with Gasteiger partial charge in [-0.2, -0.15) is 0 Å². The maximum absolute atomic E-state index is 4.32. The van der Waals surface area contributed by atoms with Crippen LogP contribution in [0.2, 0.25) is 0 Å². The summed E-state index contributed by atoms with van der Waals surface area (Å²) in [6.07, 6.45) is 7.89. The highest BCUT2D eigenvalue weighted by molar-refractivity contribution is 8.00. The predicted molar refractivity (Wildman–Crippen MR) is 61.7 cm³/mol. The molecule has 3 heteroatoms. The highest BCUT2D eigenvalue weighted by Crippen LogP contribution is 2.23. The molecule has 0 aromatic carbocycles. The monoisotopic (exact) mass is 215 g/mol. The minimum atomic E-state index is 0.847. The third-order valence-corrected chi connectivity index (χ3v) is 4.34. The van der Waals surface area contributed by atoms with Crippen LogP contribution in [0, 0.1) is 5.92 Å². The Morgan fingerprint density at radius 2 is 2.38 bits per heavy atom. The molecule has 1 nitrogen and oxygen atoms in total. The number of rotatable bonds is 5. The molecule has 0 amide bonds. The lowest BCUT2D eigenvalue weighted by molar-refractivity contribution is 0.518. The van der Waals surface area contributed by atoms with Crippen molar-refractivity contribution in [2.45, 2.75) is 37.4 Å². The molecule has 1 unspecified atom stereocenters. The standard InChI is InChI=1S/C10H17NS2/c1-4-8(2)5-6-9-7-11-10(12-3)13-9/h7-8H,4-6H2,1-3H3. The Morgan fingerprint density at radius 3 is 2.92 bits per heavy atom. The molecule has 0 saturated heterocycles. The van der Waals surface area contributed by atoms with E-state index in [0.29, 0.717) is 0 Å². The van der Waals surface area contributed by atoms with Gasteiger partial charge in [0.25, 0.3) is 0 Å². The Hall–Kier alpha value is -0.0200. The molecule has 1 heterocycles. The first-order chi connectivity index (χ1) is 6.26. The molecule has 1 atom stereocenters. The van der Waals surface area contributed by atoms with Crippen molar-refractivity contribution in [3.63, 3.8) is 0 Å². The highest BCUT2D eigenvalue weighted by Gasteiger charge is 2.03. The van der Waals surface area contributed by atoms with E-state index in [0.717, 1.165) is 5.92 Å². The van der Waals surface area contributed by atoms with Crippen molar-refractivity contribution < 1.29 is 0 Å². The van der Waals surface area contributed by atoms with Gasteiger partial charge in [0.05, 0.1) is 0 Å². The van der Waals surface area contributed by atoms with Crippen LogP contribution >= 0.6 is 23.1 Å². The SMILES string of the molecule is CCC(C)CCc1cnc(SC)s1.